The van der Waals surface area contributed by atoms with Crippen molar-refractivity contribution in [2.75, 3.05) is 0 Å². The minimum Gasteiger partial charge on any atom is -0.362 e. The summed E-state index contributed by atoms with van der Waals surface area (Å²) < 4.78 is 2.23. The quantitative estimate of drug-likeness (QED) is 0.522. The molecular formula is C28H25ClN2O2. The molecule has 0 atom stereocenters. The zero-order valence-electron chi connectivity index (χ0n) is 18.4. The highest BCUT2D eigenvalue weighted by Gasteiger charge is 2.41. The van der Waals surface area contributed by atoms with Gasteiger partial charge in [-0.2, -0.15) is 0 Å². The monoisotopic (exact) mass is 456 g/mol. The lowest BCUT2D eigenvalue weighted by molar-refractivity contribution is -0.116. The van der Waals surface area contributed by atoms with Crippen LogP contribution >= 0.6 is 11.6 Å². The van der Waals surface area contributed by atoms with Crippen LogP contribution in [0.5, 0.6) is 0 Å². The van der Waals surface area contributed by atoms with Gasteiger partial charge in [0.1, 0.15) is 0 Å². The molecule has 0 amide bonds. The second-order valence-corrected chi connectivity index (χ2v) is 9.69. The van der Waals surface area contributed by atoms with Gasteiger partial charge in [0.2, 0.25) is 0 Å². The van der Waals surface area contributed by atoms with Crippen molar-refractivity contribution in [2.45, 2.75) is 51.0 Å². The predicted octanol–water partition coefficient (Wildman–Crippen LogP) is 6.04. The van der Waals surface area contributed by atoms with E-state index in [1.54, 1.807) is 0 Å². The van der Waals surface area contributed by atoms with Crippen molar-refractivity contribution in [3.05, 3.63) is 93.4 Å². The smallest absolute Gasteiger partial charge is 0.161 e. The van der Waals surface area contributed by atoms with Crippen molar-refractivity contribution in [3.8, 4) is 0 Å². The van der Waals surface area contributed by atoms with E-state index in [2.05, 4.69) is 28.2 Å². The van der Waals surface area contributed by atoms with Gasteiger partial charge in [-0.3, -0.25) is 9.59 Å². The Hall–Kier alpha value is -3.11. The number of para-hydroxylation sites is 1. The molecule has 1 aromatic heterocycles. The Balaban J connectivity index is 1.55. The second kappa shape index (κ2) is 8.03. The van der Waals surface area contributed by atoms with Crippen LogP contribution in [0.4, 0.5) is 0 Å². The Morgan fingerprint density at radius 3 is 2.15 bits per heavy atom. The number of nitrogens with one attached hydrogen (secondary N) is 1. The largest absolute Gasteiger partial charge is 0.362 e. The summed E-state index contributed by atoms with van der Waals surface area (Å²) >= 11 is 6.09. The summed E-state index contributed by atoms with van der Waals surface area (Å²) in [5.41, 5.74) is 7.00. The van der Waals surface area contributed by atoms with Gasteiger partial charge in [0.05, 0.1) is 0 Å². The predicted molar refractivity (Wildman–Crippen MR) is 130 cm³/mol. The molecule has 2 heterocycles. The Morgan fingerprint density at radius 1 is 0.848 bits per heavy atom. The summed E-state index contributed by atoms with van der Waals surface area (Å²) in [5.74, 6) is 0.0645. The molecule has 2 aliphatic carbocycles. The molecule has 2 aromatic carbocycles. The first-order chi connectivity index (χ1) is 16.1. The molecule has 0 bridgehead atoms. The van der Waals surface area contributed by atoms with Crippen molar-refractivity contribution in [3.63, 3.8) is 0 Å². The molecule has 0 saturated heterocycles. The van der Waals surface area contributed by atoms with Crippen LogP contribution in [0.3, 0.4) is 0 Å². The van der Waals surface area contributed by atoms with Crippen LogP contribution < -0.4 is 5.32 Å². The van der Waals surface area contributed by atoms with Crippen molar-refractivity contribution < 1.29 is 9.59 Å². The molecule has 0 spiro atoms. The SMILES string of the molecule is O=C1CCCC2=C1C(c1cn(Cc3ccc(Cl)cc3)c3ccccc13)C1=C(CCCC1=O)N2. The highest BCUT2D eigenvalue weighted by atomic mass is 35.5. The molecule has 0 radical (unpaired) electrons. The zero-order valence-corrected chi connectivity index (χ0v) is 19.1. The first-order valence-electron chi connectivity index (χ1n) is 11.7. The molecule has 3 aliphatic rings. The highest BCUT2D eigenvalue weighted by Crippen LogP contribution is 2.47. The Labute approximate surface area is 197 Å². The Morgan fingerprint density at radius 2 is 1.48 bits per heavy atom. The molecule has 3 aromatic rings. The summed E-state index contributed by atoms with van der Waals surface area (Å²) in [5, 5.41) is 5.34. The summed E-state index contributed by atoms with van der Waals surface area (Å²) in [4.78, 5) is 26.4. The standard InChI is InChI=1S/C28H25ClN2O2/c29-18-13-11-17(12-14-18)15-31-16-20(19-5-1-2-8-23(19)31)26-27-21(6-3-9-24(27)32)30-22-7-4-10-25(33)28(22)26/h1-2,5,8,11-14,16,26,30H,3-4,6-7,9-10,15H2. The fourth-order valence-electron chi connectivity index (χ4n) is 5.72. The fourth-order valence-corrected chi connectivity index (χ4v) is 5.84. The number of aromatic nitrogens is 1. The van der Waals surface area contributed by atoms with Crippen LogP contribution in [0.1, 0.15) is 55.6 Å². The molecule has 0 saturated carbocycles. The van der Waals surface area contributed by atoms with Gasteiger partial charge >= 0.3 is 0 Å². The maximum Gasteiger partial charge on any atom is 0.161 e. The highest BCUT2D eigenvalue weighted by molar-refractivity contribution is 6.30. The number of carbonyl (C=O) groups excluding carboxylic acids is 2. The summed E-state index contributed by atoms with van der Waals surface area (Å²) in [6.07, 6.45) is 6.74. The van der Waals surface area contributed by atoms with Gasteiger partial charge in [-0.05, 0) is 55.0 Å². The van der Waals surface area contributed by atoms with Crippen LogP contribution in [0.25, 0.3) is 10.9 Å². The van der Waals surface area contributed by atoms with E-state index in [1.807, 2.05) is 36.4 Å². The third-order valence-corrected chi connectivity index (χ3v) is 7.44. The van der Waals surface area contributed by atoms with Crippen LogP contribution in [-0.2, 0) is 16.1 Å². The van der Waals surface area contributed by atoms with Gasteiger partial charge in [-0.1, -0.05) is 41.9 Å². The van der Waals surface area contributed by atoms with E-state index in [0.717, 1.165) is 75.3 Å². The number of halogens is 1. The van der Waals surface area contributed by atoms with Gasteiger partial charge < -0.3 is 9.88 Å². The molecule has 0 unspecified atom stereocenters. The van der Waals surface area contributed by atoms with Crippen LogP contribution in [0, 0.1) is 0 Å². The van der Waals surface area contributed by atoms with Gasteiger partial charge in [0.25, 0.3) is 0 Å². The van der Waals surface area contributed by atoms with Gasteiger partial charge in [-0.15, -0.1) is 0 Å². The molecule has 166 valence electrons. The number of benzene rings is 2. The number of ketones is 2. The van der Waals surface area contributed by atoms with E-state index < -0.39 is 0 Å². The maximum absolute atomic E-state index is 13.2. The summed E-state index contributed by atoms with van der Waals surface area (Å²) in [7, 11) is 0. The number of allylic oxidation sites excluding steroid dienone is 4. The number of hydrogen-bond donors (Lipinski definition) is 1. The van der Waals surface area contributed by atoms with Crippen molar-refractivity contribution >= 4 is 34.1 Å². The van der Waals surface area contributed by atoms with E-state index in [-0.39, 0.29) is 17.5 Å². The lowest BCUT2D eigenvalue weighted by atomic mass is 9.71. The van der Waals surface area contributed by atoms with Gasteiger partial charge in [0, 0.05) is 70.0 Å². The van der Waals surface area contributed by atoms with Crippen LogP contribution in [0.15, 0.2) is 77.3 Å². The minimum atomic E-state index is -0.284. The van der Waals surface area contributed by atoms with Crippen molar-refractivity contribution in [1.82, 2.24) is 9.88 Å². The Bertz CT molecular complexity index is 1320. The molecule has 5 heteroatoms. The molecule has 4 nitrogen and oxygen atoms in total. The third-order valence-electron chi connectivity index (χ3n) is 7.19. The van der Waals surface area contributed by atoms with Crippen LogP contribution in [0.2, 0.25) is 5.02 Å². The van der Waals surface area contributed by atoms with Crippen LogP contribution in [-0.4, -0.2) is 16.1 Å². The molecule has 33 heavy (non-hydrogen) atoms. The number of Topliss-reactive ketones (excluding diaryl/α,β-unsaturated/α-hetero) is 2. The number of carbonyl (C=O) groups is 2. The van der Waals surface area contributed by atoms with E-state index in [1.165, 1.54) is 0 Å². The number of rotatable bonds is 3. The lowest BCUT2D eigenvalue weighted by Gasteiger charge is -2.37. The number of dihydropyridines is 1. The topological polar surface area (TPSA) is 51.1 Å². The van der Waals surface area contributed by atoms with E-state index in [0.29, 0.717) is 19.4 Å². The van der Waals surface area contributed by atoms with E-state index >= 15 is 0 Å². The second-order valence-electron chi connectivity index (χ2n) is 9.25. The van der Waals surface area contributed by atoms with Gasteiger partial charge in [0.15, 0.2) is 11.6 Å². The van der Waals surface area contributed by atoms with E-state index in [9.17, 15) is 9.59 Å². The van der Waals surface area contributed by atoms with Gasteiger partial charge in [-0.25, -0.2) is 0 Å². The van der Waals surface area contributed by atoms with Crippen molar-refractivity contribution in [1.29, 1.82) is 0 Å². The lowest BCUT2D eigenvalue weighted by Crippen LogP contribution is -2.36. The Kier molecular flexibility index (Phi) is 4.99. The normalized spacial score (nSPS) is 19.1. The third kappa shape index (κ3) is 3.44. The van der Waals surface area contributed by atoms with E-state index in [4.69, 9.17) is 11.6 Å². The summed E-state index contributed by atoms with van der Waals surface area (Å²) in [6.45, 7) is 0.697. The first-order valence-corrected chi connectivity index (χ1v) is 12.1. The minimum absolute atomic E-state index is 0.174. The summed E-state index contributed by atoms with van der Waals surface area (Å²) in [6, 6.07) is 16.2. The zero-order chi connectivity index (χ0) is 22.5. The van der Waals surface area contributed by atoms with Crippen molar-refractivity contribution in [2.24, 2.45) is 0 Å². The maximum atomic E-state index is 13.2. The number of fused-ring (bicyclic) bond motifs is 1. The number of hydrogen-bond acceptors (Lipinski definition) is 3. The molecule has 1 aliphatic heterocycles. The fraction of sp³-hybridized carbons (Fsp3) is 0.286. The average Bonchev–Trinajstić information content (AvgIpc) is 3.18. The number of nitrogens with zero attached hydrogens (tertiary/aromatic N) is 1. The molecular weight excluding hydrogens is 432 g/mol. The molecule has 1 N–H and O–H groups in total. The molecule has 0 fully saturated rings. The average molecular weight is 457 g/mol. The first kappa shape index (κ1) is 20.5. The molecule has 6 rings (SSSR count).